The third-order valence-corrected chi connectivity index (χ3v) is 3.40. The van der Waals surface area contributed by atoms with Crippen LogP contribution in [0.2, 0.25) is 0 Å². The zero-order valence-corrected chi connectivity index (χ0v) is 11.2. The second-order valence-corrected chi connectivity index (χ2v) is 4.87. The number of rotatable bonds is 6. The Bertz CT molecular complexity index is 367. The van der Waals surface area contributed by atoms with Gasteiger partial charge in [-0.25, -0.2) is 5.84 Å². The summed E-state index contributed by atoms with van der Waals surface area (Å²) in [4.78, 5) is 13.4. The molecule has 17 heavy (non-hydrogen) atoms. The topological polar surface area (TPSA) is 71.5 Å². The number of thioether (sulfide) groups is 1. The van der Waals surface area contributed by atoms with Crippen LogP contribution in [0.1, 0.15) is 23.2 Å². The van der Waals surface area contributed by atoms with Crippen LogP contribution in [0.3, 0.4) is 0 Å². The molecule has 1 rings (SSSR count). The second-order valence-electron chi connectivity index (χ2n) is 3.96. The molecule has 1 aromatic heterocycles. The van der Waals surface area contributed by atoms with Crippen molar-refractivity contribution in [3.8, 4) is 0 Å². The number of nitrogens with zero attached hydrogens (tertiary/aromatic N) is 1. The van der Waals surface area contributed by atoms with Gasteiger partial charge in [0.2, 0.25) is 0 Å². The van der Waals surface area contributed by atoms with E-state index < -0.39 is 5.91 Å². The van der Waals surface area contributed by atoms with Crippen molar-refractivity contribution in [3.63, 3.8) is 0 Å². The number of carbonyl (C=O) groups is 1. The number of furan rings is 1. The molecule has 1 amide bonds. The van der Waals surface area contributed by atoms with Crippen molar-refractivity contribution >= 4 is 17.7 Å². The van der Waals surface area contributed by atoms with E-state index in [1.54, 1.807) is 12.1 Å². The number of carbonyl (C=O) groups excluding carboxylic acids is 1. The first kappa shape index (κ1) is 14.1. The molecule has 0 fully saturated rings. The Morgan fingerprint density at radius 2 is 2.35 bits per heavy atom. The summed E-state index contributed by atoms with van der Waals surface area (Å²) in [6, 6.07) is 3.89. The largest absolute Gasteiger partial charge is 0.455 e. The van der Waals surface area contributed by atoms with Crippen LogP contribution in [0.15, 0.2) is 16.5 Å². The molecule has 0 aliphatic carbocycles. The van der Waals surface area contributed by atoms with Gasteiger partial charge in [-0.15, -0.1) is 0 Å². The monoisotopic (exact) mass is 257 g/mol. The van der Waals surface area contributed by atoms with Crippen molar-refractivity contribution in [1.82, 2.24) is 10.3 Å². The van der Waals surface area contributed by atoms with Crippen molar-refractivity contribution in [3.05, 3.63) is 23.7 Å². The first-order chi connectivity index (χ1) is 8.08. The van der Waals surface area contributed by atoms with Gasteiger partial charge in [0.25, 0.3) is 0 Å². The molecule has 0 saturated heterocycles. The number of hydrogen-bond donors (Lipinski definition) is 2. The van der Waals surface area contributed by atoms with Crippen molar-refractivity contribution in [1.29, 1.82) is 0 Å². The molecule has 0 aliphatic rings. The average Bonchev–Trinajstić information content (AvgIpc) is 2.76. The highest BCUT2D eigenvalue weighted by Gasteiger charge is 2.13. The van der Waals surface area contributed by atoms with E-state index in [4.69, 9.17) is 10.3 Å². The van der Waals surface area contributed by atoms with E-state index in [1.807, 2.05) is 24.2 Å². The SMILES string of the molecule is CSCC(C)N(C)Cc1ccc(C(=O)NN)o1. The summed E-state index contributed by atoms with van der Waals surface area (Å²) in [5.41, 5.74) is 2.04. The van der Waals surface area contributed by atoms with Gasteiger partial charge in [-0.05, 0) is 32.4 Å². The zero-order valence-electron chi connectivity index (χ0n) is 10.4. The molecule has 0 bridgehead atoms. The van der Waals surface area contributed by atoms with Crippen LogP contribution in [-0.2, 0) is 6.54 Å². The fraction of sp³-hybridized carbons (Fsp3) is 0.545. The van der Waals surface area contributed by atoms with Crippen LogP contribution in [0.4, 0.5) is 0 Å². The van der Waals surface area contributed by atoms with E-state index in [-0.39, 0.29) is 5.76 Å². The Morgan fingerprint density at radius 1 is 1.65 bits per heavy atom. The normalized spacial score (nSPS) is 12.8. The number of nitrogen functional groups attached to an aromatic ring is 1. The maximum Gasteiger partial charge on any atom is 0.300 e. The van der Waals surface area contributed by atoms with Gasteiger partial charge in [0.05, 0.1) is 6.54 Å². The molecule has 1 heterocycles. The summed E-state index contributed by atoms with van der Waals surface area (Å²) >= 11 is 1.81. The summed E-state index contributed by atoms with van der Waals surface area (Å²) in [5, 5.41) is 0. The summed E-state index contributed by atoms with van der Waals surface area (Å²) in [6.07, 6.45) is 2.08. The van der Waals surface area contributed by atoms with E-state index in [0.29, 0.717) is 12.6 Å². The molecule has 0 saturated carbocycles. The van der Waals surface area contributed by atoms with Gasteiger partial charge in [-0.1, -0.05) is 0 Å². The van der Waals surface area contributed by atoms with Crippen LogP contribution in [0.5, 0.6) is 0 Å². The molecule has 1 aromatic rings. The molecular weight excluding hydrogens is 238 g/mol. The summed E-state index contributed by atoms with van der Waals surface area (Å²) in [7, 11) is 2.03. The van der Waals surface area contributed by atoms with E-state index in [2.05, 4.69) is 18.1 Å². The van der Waals surface area contributed by atoms with Crippen molar-refractivity contribution in [2.75, 3.05) is 19.1 Å². The molecule has 0 spiro atoms. The van der Waals surface area contributed by atoms with Crippen LogP contribution < -0.4 is 11.3 Å². The second kappa shape index (κ2) is 6.68. The summed E-state index contributed by atoms with van der Waals surface area (Å²) < 4.78 is 5.39. The lowest BCUT2D eigenvalue weighted by Gasteiger charge is -2.22. The number of nitrogens with two attached hydrogens (primary N) is 1. The quantitative estimate of drug-likeness (QED) is 0.453. The van der Waals surface area contributed by atoms with Crippen molar-refractivity contribution in [2.24, 2.45) is 5.84 Å². The maximum atomic E-state index is 11.2. The standard InChI is InChI=1S/C11H19N3O2S/c1-8(7-17-3)14(2)6-9-4-5-10(16-9)11(15)13-12/h4-5,8H,6-7,12H2,1-3H3,(H,13,15). The maximum absolute atomic E-state index is 11.2. The van der Waals surface area contributed by atoms with E-state index in [9.17, 15) is 4.79 Å². The minimum Gasteiger partial charge on any atom is -0.455 e. The summed E-state index contributed by atoms with van der Waals surface area (Å²) in [6.45, 7) is 2.84. The van der Waals surface area contributed by atoms with Gasteiger partial charge in [-0.3, -0.25) is 15.1 Å². The van der Waals surface area contributed by atoms with Gasteiger partial charge >= 0.3 is 5.91 Å². The van der Waals surface area contributed by atoms with Crippen LogP contribution in [0.25, 0.3) is 0 Å². The van der Waals surface area contributed by atoms with Gasteiger partial charge in [0.15, 0.2) is 5.76 Å². The molecule has 0 aliphatic heterocycles. The number of hydrogen-bond acceptors (Lipinski definition) is 5. The highest BCUT2D eigenvalue weighted by atomic mass is 32.2. The molecule has 1 atom stereocenters. The van der Waals surface area contributed by atoms with Crippen LogP contribution in [0, 0.1) is 0 Å². The van der Waals surface area contributed by atoms with Gasteiger partial charge in [0.1, 0.15) is 5.76 Å². The predicted octanol–water partition coefficient (Wildman–Crippen LogP) is 1.07. The minimum atomic E-state index is -0.406. The first-order valence-electron chi connectivity index (χ1n) is 5.37. The average molecular weight is 257 g/mol. The highest BCUT2D eigenvalue weighted by Crippen LogP contribution is 2.12. The van der Waals surface area contributed by atoms with E-state index in [1.165, 1.54) is 0 Å². The Hall–Kier alpha value is -0.980. The third-order valence-electron chi connectivity index (χ3n) is 2.58. The molecule has 0 aromatic carbocycles. The fourth-order valence-electron chi connectivity index (χ4n) is 1.43. The van der Waals surface area contributed by atoms with Crippen LogP contribution in [-0.4, -0.2) is 35.9 Å². The molecule has 6 heteroatoms. The molecular formula is C11H19N3O2S. The van der Waals surface area contributed by atoms with E-state index >= 15 is 0 Å². The molecule has 0 radical (unpaired) electrons. The third kappa shape index (κ3) is 4.07. The Morgan fingerprint density at radius 3 is 2.94 bits per heavy atom. The molecule has 3 N–H and O–H groups in total. The molecule has 5 nitrogen and oxygen atoms in total. The van der Waals surface area contributed by atoms with E-state index in [0.717, 1.165) is 11.5 Å². The van der Waals surface area contributed by atoms with Crippen LogP contribution >= 0.6 is 11.8 Å². The Labute approximate surface area is 106 Å². The Kier molecular flexibility index (Phi) is 5.54. The van der Waals surface area contributed by atoms with Crippen molar-refractivity contribution in [2.45, 2.75) is 19.5 Å². The zero-order chi connectivity index (χ0) is 12.8. The number of amides is 1. The summed E-state index contributed by atoms with van der Waals surface area (Å²) in [5.74, 6) is 6.69. The fourth-order valence-corrected chi connectivity index (χ4v) is 2.16. The van der Waals surface area contributed by atoms with Gasteiger partial charge in [-0.2, -0.15) is 11.8 Å². The molecule has 96 valence electrons. The van der Waals surface area contributed by atoms with Gasteiger partial charge < -0.3 is 4.42 Å². The Balaban J connectivity index is 2.57. The lowest BCUT2D eigenvalue weighted by molar-refractivity contribution is 0.0922. The number of nitrogens with one attached hydrogen (secondary N) is 1. The van der Waals surface area contributed by atoms with Crippen molar-refractivity contribution < 1.29 is 9.21 Å². The minimum absolute atomic E-state index is 0.244. The lowest BCUT2D eigenvalue weighted by Crippen LogP contribution is -2.30. The predicted molar refractivity (Wildman–Crippen MR) is 69.7 cm³/mol. The molecule has 1 unspecified atom stereocenters. The van der Waals surface area contributed by atoms with Gasteiger partial charge in [0, 0.05) is 11.8 Å². The highest BCUT2D eigenvalue weighted by molar-refractivity contribution is 7.98. The number of hydrazine groups is 1. The lowest BCUT2D eigenvalue weighted by atomic mass is 10.3. The smallest absolute Gasteiger partial charge is 0.300 e. The first-order valence-corrected chi connectivity index (χ1v) is 6.76.